The summed E-state index contributed by atoms with van der Waals surface area (Å²) in [6.45, 7) is 0.537. The molecule has 0 saturated carbocycles. The molecule has 1 aliphatic rings. The normalized spacial score (nSPS) is 15.5. The Kier molecular flexibility index (Phi) is 3.96. The Morgan fingerprint density at radius 1 is 1.14 bits per heavy atom. The average Bonchev–Trinajstić information content (AvgIpc) is 2.45. The van der Waals surface area contributed by atoms with Crippen molar-refractivity contribution in [3.05, 3.63) is 57.8 Å². The number of anilines is 1. The molecule has 2 N–H and O–H groups in total. The molecule has 0 atom stereocenters. The fourth-order valence-electron chi connectivity index (χ4n) is 2.59. The van der Waals surface area contributed by atoms with Crippen molar-refractivity contribution in [2.24, 2.45) is 0 Å². The van der Waals surface area contributed by atoms with E-state index in [0.717, 1.165) is 5.56 Å². The molecule has 22 heavy (non-hydrogen) atoms. The molecule has 0 saturated heterocycles. The first-order valence-corrected chi connectivity index (χ1v) is 8.93. The van der Waals surface area contributed by atoms with Gasteiger partial charge >= 0.3 is 0 Å². The number of halogens is 2. The summed E-state index contributed by atoms with van der Waals surface area (Å²) < 4.78 is 40.8. The molecule has 4 nitrogen and oxygen atoms in total. The number of nitrogens with zero attached hydrogens (tertiary/aromatic N) is 1. The molecule has 1 heterocycles. The molecule has 0 unspecified atom stereocenters. The predicted molar refractivity (Wildman–Crippen MR) is 86.3 cm³/mol. The Labute approximate surface area is 136 Å². The monoisotopic (exact) mass is 384 g/mol. The Balaban J connectivity index is 1.97. The lowest BCUT2D eigenvalue weighted by Crippen LogP contribution is -2.36. The summed E-state index contributed by atoms with van der Waals surface area (Å²) in [5.74, 6) is -0.357. The number of sulfonamides is 1. The third kappa shape index (κ3) is 2.88. The number of rotatable bonds is 2. The maximum absolute atomic E-state index is 13.4. The highest BCUT2D eigenvalue weighted by molar-refractivity contribution is 9.10. The fourth-order valence-corrected chi connectivity index (χ4v) is 4.75. The molecular formula is C15H14BrFN2O2S. The summed E-state index contributed by atoms with van der Waals surface area (Å²) in [5.41, 5.74) is 7.79. The standard InChI is InChI=1S/C15H14BrFN2O2S/c16-12-6-14(18)8-15(7-12)22(20,21)19-4-3-10-1-2-13(17)5-11(10)9-19/h1-2,5-8H,3-4,9,18H2. The van der Waals surface area contributed by atoms with Crippen LogP contribution in [0.5, 0.6) is 0 Å². The molecule has 0 fully saturated rings. The van der Waals surface area contributed by atoms with Crippen LogP contribution in [0.4, 0.5) is 10.1 Å². The summed E-state index contributed by atoms with van der Waals surface area (Å²) in [6, 6.07) is 9.10. The van der Waals surface area contributed by atoms with Gasteiger partial charge in [-0.1, -0.05) is 22.0 Å². The average molecular weight is 385 g/mol. The summed E-state index contributed by atoms with van der Waals surface area (Å²) in [5, 5.41) is 0. The van der Waals surface area contributed by atoms with Gasteiger partial charge < -0.3 is 5.73 Å². The Bertz CT molecular complexity index is 819. The van der Waals surface area contributed by atoms with Crippen molar-refractivity contribution in [2.45, 2.75) is 17.9 Å². The fraction of sp³-hybridized carbons (Fsp3) is 0.200. The van der Waals surface area contributed by atoms with E-state index in [2.05, 4.69) is 15.9 Å². The van der Waals surface area contributed by atoms with Crippen LogP contribution in [0.1, 0.15) is 11.1 Å². The van der Waals surface area contributed by atoms with Gasteiger partial charge in [0.25, 0.3) is 0 Å². The minimum absolute atomic E-state index is 0.138. The van der Waals surface area contributed by atoms with E-state index in [0.29, 0.717) is 28.7 Å². The van der Waals surface area contributed by atoms with Crippen molar-refractivity contribution in [3.8, 4) is 0 Å². The van der Waals surface area contributed by atoms with Crippen LogP contribution >= 0.6 is 15.9 Å². The zero-order chi connectivity index (χ0) is 15.9. The van der Waals surface area contributed by atoms with Gasteiger partial charge in [-0.05, 0) is 47.9 Å². The second-order valence-corrected chi connectivity index (χ2v) is 8.08. The molecule has 116 valence electrons. The van der Waals surface area contributed by atoms with Crippen LogP contribution in [0.25, 0.3) is 0 Å². The van der Waals surface area contributed by atoms with Crippen molar-refractivity contribution in [3.63, 3.8) is 0 Å². The number of benzene rings is 2. The first-order chi connectivity index (χ1) is 10.4. The number of nitrogen functional groups attached to an aromatic ring is 1. The molecule has 0 bridgehead atoms. The van der Waals surface area contributed by atoms with Crippen molar-refractivity contribution >= 4 is 31.6 Å². The van der Waals surface area contributed by atoms with Crippen molar-refractivity contribution in [2.75, 3.05) is 12.3 Å². The van der Waals surface area contributed by atoms with Crippen LogP contribution in [0.3, 0.4) is 0 Å². The minimum Gasteiger partial charge on any atom is -0.399 e. The van der Waals surface area contributed by atoms with Gasteiger partial charge in [-0.15, -0.1) is 0 Å². The van der Waals surface area contributed by atoms with Gasteiger partial charge in [-0.2, -0.15) is 4.31 Å². The van der Waals surface area contributed by atoms with Gasteiger partial charge in [0.05, 0.1) is 4.90 Å². The lowest BCUT2D eigenvalue weighted by Gasteiger charge is -2.28. The number of fused-ring (bicyclic) bond motifs is 1. The van der Waals surface area contributed by atoms with E-state index >= 15 is 0 Å². The smallest absolute Gasteiger partial charge is 0.243 e. The van der Waals surface area contributed by atoms with E-state index in [4.69, 9.17) is 5.73 Å². The molecule has 2 aromatic rings. The van der Waals surface area contributed by atoms with Crippen LogP contribution in [-0.4, -0.2) is 19.3 Å². The molecule has 0 spiro atoms. The lowest BCUT2D eigenvalue weighted by molar-refractivity contribution is 0.390. The van der Waals surface area contributed by atoms with Gasteiger partial charge in [-0.25, -0.2) is 12.8 Å². The van der Waals surface area contributed by atoms with E-state index < -0.39 is 10.0 Å². The molecule has 3 rings (SSSR count). The number of hydrogen-bond acceptors (Lipinski definition) is 3. The minimum atomic E-state index is -3.66. The molecule has 0 amide bonds. The first-order valence-electron chi connectivity index (χ1n) is 6.70. The summed E-state index contributed by atoms with van der Waals surface area (Å²) >= 11 is 3.25. The van der Waals surface area contributed by atoms with E-state index in [1.165, 1.54) is 28.6 Å². The second-order valence-electron chi connectivity index (χ2n) is 5.22. The van der Waals surface area contributed by atoms with Gasteiger partial charge in [0.2, 0.25) is 10.0 Å². The molecular weight excluding hydrogens is 371 g/mol. The van der Waals surface area contributed by atoms with E-state index in [-0.39, 0.29) is 17.3 Å². The number of hydrogen-bond donors (Lipinski definition) is 1. The summed E-state index contributed by atoms with van der Waals surface area (Å²) in [7, 11) is -3.66. The maximum atomic E-state index is 13.4. The highest BCUT2D eigenvalue weighted by atomic mass is 79.9. The van der Waals surface area contributed by atoms with Crippen molar-refractivity contribution in [1.29, 1.82) is 0 Å². The zero-order valence-electron chi connectivity index (χ0n) is 11.6. The largest absolute Gasteiger partial charge is 0.399 e. The van der Waals surface area contributed by atoms with E-state index in [1.54, 1.807) is 12.1 Å². The first kappa shape index (κ1) is 15.5. The van der Waals surface area contributed by atoms with Crippen LogP contribution in [0, 0.1) is 5.82 Å². The third-order valence-electron chi connectivity index (χ3n) is 3.68. The van der Waals surface area contributed by atoms with Gasteiger partial charge in [0.1, 0.15) is 5.82 Å². The quantitative estimate of drug-likeness (QED) is 0.809. The molecule has 2 aromatic carbocycles. The molecule has 0 aromatic heterocycles. The van der Waals surface area contributed by atoms with Crippen LogP contribution < -0.4 is 5.73 Å². The highest BCUT2D eigenvalue weighted by Gasteiger charge is 2.28. The SMILES string of the molecule is Nc1cc(Br)cc(S(=O)(=O)N2CCc3ccc(F)cc3C2)c1. The summed E-state index contributed by atoms with van der Waals surface area (Å²) in [4.78, 5) is 0.138. The zero-order valence-corrected chi connectivity index (χ0v) is 14.0. The molecule has 1 aliphatic heterocycles. The topological polar surface area (TPSA) is 63.4 Å². The predicted octanol–water partition coefficient (Wildman–Crippen LogP) is 2.92. The Hall–Kier alpha value is -1.44. The lowest BCUT2D eigenvalue weighted by atomic mass is 10.0. The van der Waals surface area contributed by atoms with Gasteiger partial charge in [-0.3, -0.25) is 0 Å². The van der Waals surface area contributed by atoms with Gasteiger partial charge in [0.15, 0.2) is 0 Å². The van der Waals surface area contributed by atoms with Crippen molar-refractivity contribution < 1.29 is 12.8 Å². The van der Waals surface area contributed by atoms with Crippen LogP contribution in [0.2, 0.25) is 0 Å². The third-order valence-corrected chi connectivity index (χ3v) is 5.96. The molecule has 0 aliphatic carbocycles. The van der Waals surface area contributed by atoms with Gasteiger partial charge in [0, 0.05) is 23.2 Å². The van der Waals surface area contributed by atoms with Crippen LogP contribution in [0.15, 0.2) is 45.8 Å². The number of nitrogens with two attached hydrogens (primary N) is 1. The molecule has 7 heteroatoms. The molecule has 0 radical (unpaired) electrons. The Morgan fingerprint density at radius 3 is 2.64 bits per heavy atom. The van der Waals surface area contributed by atoms with Crippen molar-refractivity contribution in [1.82, 2.24) is 4.31 Å². The van der Waals surface area contributed by atoms with E-state index in [1.807, 2.05) is 0 Å². The van der Waals surface area contributed by atoms with Crippen LogP contribution in [-0.2, 0) is 23.0 Å². The van der Waals surface area contributed by atoms with E-state index in [9.17, 15) is 12.8 Å². The summed E-state index contributed by atoms with van der Waals surface area (Å²) in [6.07, 6.45) is 0.568. The second kappa shape index (κ2) is 5.64. The maximum Gasteiger partial charge on any atom is 0.243 e. The highest BCUT2D eigenvalue weighted by Crippen LogP contribution is 2.28. The Morgan fingerprint density at radius 2 is 1.91 bits per heavy atom.